The van der Waals surface area contributed by atoms with Gasteiger partial charge >= 0.3 is 6.03 Å². The molecule has 2 amide bonds. The number of carbonyl (C=O) groups is 1. The second kappa shape index (κ2) is 8.78. The van der Waals surface area contributed by atoms with Crippen molar-refractivity contribution in [2.45, 2.75) is 6.04 Å². The van der Waals surface area contributed by atoms with Crippen LogP contribution in [0.1, 0.15) is 22.3 Å². The fraction of sp³-hybridized carbons (Fsp3) is 0.100. The van der Waals surface area contributed by atoms with E-state index in [0.717, 1.165) is 11.1 Å². The van der Waals surface area contributed by atoms with Crippen LogP contribution in [0, 0.1) is 23.7 Å². The molecule has 0 saturated carbocycles. The largest absolute Gasteiger partial charge is 0.394 e. The summed E-state index contributed by atoms with van der Waals surface area (Å²) in [5, 5.41) is 26.2. The quantitative estimate of drug-likeness (QED) is 0.581. The third-order valence-corrected chi connectivity index (χ3v) is 4.63. The number of hydrogen-bond acceptors (Lipinski definition) is 6. The molecule has 0 saturated heterocycles. The number of rotatable bonds is 5. The zero-order valence-corrected chi connectivity index (χ0v) is 15.4. The van der Waals surface area contributed by atoms with Crippen LogP contribution in [0.25, 0.3) is 11.1 Å². The van der Waals surface area contributed by atoms with Gasteiger partial charge in [0.25, 0.3) is 0 Å². The molecular weight excluding hydrogens is 374 g/mol. The number of amides is 2. The maximum Gasteiger partial charge on any atom is 0.321 e. The maximum atomic E-state index is 12.1. The molecule has 0 aliphatic rings. The van der Waals surface area contributed by atoms with Gasteiger partial charge in [-0.3, -0.25) is 10.3 Å². The van der Waals surface area contributed by atoms with Crippen LogP contribution in [-0.4, -0.2) is 27.7 Å². The summed E-state index contributed by atoms with van der Waals surface area (Å²) in [5.74, 6) is 2.73. The van der Waals surface area contributed by atoms with Gasteiger partial charge in [0.15, 0.2) is 5.01 Å². The average Bonchev–Trinajstić information content (AvgIpc) is 3.19. The number of terminal acetylenes is 1. The highest BCUT2D eigenvalue weighted by Gasteiger charge is 2.16. The second-order valence-electron chi connectivity index (χ2n) is 5.64. The first-order valence-electron chi connectivity index (χ1n) is 8.20. The van der Waals surface area contributed by atoms with Crippen LogP contribution in [0.5, 0.6) is 0 Å². The van der Waals surface area contributed by atoms with Crippen LogP contribution in [0.3, 0.4) is 0 Å². The third-order valence-electron chi connectivity index (χ3n) is 3.86. The number of pyridine rings is 1. The number of aromatic nitrogens is 2. The summed E-state index contributed by atoms with van der Waals surface area (Å²) in [6.45, 7) is -0.332. The third kappa shape index (κ3) is 4.33. The summed E-state index contributed by atoms with van der Waals surface area (Å²) in [5.41, 5.74) is 2.57. The van der Waals surface area contributed by atoms with Crippen molar-refractivity contribution in [2.24, 2.45) is 0 Å². The van der Waals surface area contributed by atoms with E-state index in [1.165, 1.54) is 11.3 Å². The molecule has 2 heterocycles. The molecule has 0 radical (unpaired) electrons. The number of hydrogen-bond donors (Lipinski definition) is 3. The Morgan fingerprint density at radius 2 is 2.14 bits per heavy atom. The van der Waals surface area contributed by atoms with E-state index in [-0.39, 0.29) is 6.61 Å². The van der Waals surface area contributed by atoms with Crippen molar-refractivity contribution in [3.8, 4) is 29.5 Å². The molecule has 8 heteroatoms. The fourth-order valence-electron chi connectivity index (χ4n) is 2.52. The predicted octanol–water partition coefficient (Wildman–Crippen LogP) is 2.91. The van der Waals surface area contributed by atoms with Crippen LogP contribution in [0.15, 0.2) is 48.0 Å². The van der Waals surface area contributed by atoms with Crippen molar-refractivity contribution in [3.63, 3.8) is 0 Å². The first kappa shape index (κ1) is 19.1. The SMILES string of the molecule is C#Cc1nc(NC(=O)NC(CO)c2ccc(-c3ccccc3C#N)cn2)cs1. The van der Waals surface area contributed by atoms with Gasteiger partial charge in [-0.05, 0) is 18.1 Å². The lowest BCUT2D eigenvalue weighted by atomic mass is 10.0. The number of nitriles is 1. The van der Waals surface area contributed by atoms with Gasteiger partial charge in [0.2, 0.25) is 0 Å². The number of anilines is 1. The molecule has 2 aromatic heterocycles. The highest BCUT2D eigenvalue weighted by atomic mass is 32.1. The van der Waals surface area contributed by atoms with Crippen molar-refractivity contribution in [1.29, 1.82) is 5.26 Å². The van der Waals surface area contributed by atoms with E-state index in [1.807, 2.05) is 12.1 Å². The number of aliphatic hydroxyl groups excluding tert-OH is 1. The Labute approximate surface area is 165 Å². The molecule has 0 bridgehead atoms. The Morgan fingerprint density at radius 3 is 2.79 bits per heavy atom. The second-order valence-corrected chi connectivity index (χ2v) is 6.50. The number of aliphatic hydroxyl groups is 1. The van der Waals surface area contributed by atoms with Crippen molar-refractivity contribution >= 4 is 23.2 Å². The molecule has 28 heavy (non-hydrogen) atoms. The minimum absolute atomic E-state index is 0.332. The number of nitrogens with one attached hydrogen (secondary N) is 2. The zero-order chi connectivity index (χ0) is 19.9. The lowest BCUT2D eigenvalue weighted by Crippen LogP contribution is -2.34. The molecule has 0 spiro atoms. The molecule has 0 fully saturated rings. The van der Waals surface area contributed by atoms with E-state index in [0.29, 0.717) is 22.1 Å². The molecule has 7 nitrogen and oxygen atoms in total. The molecule has 0 aliphatic carbocycles. The minimum atomic E-state index is -0.703. The molecule has 1 atom stereocenters. The first-order valence-corrected chi connectivity index (χ1v) is 9.08. The highest BCUT2D eigenvalue weighted by molar-refractivity contribution is 7.10. The Balaban J connectivity index is 1.71. The van der Waals surface area contributed by atoms with E-state index in [4.69, 9.17) is 6.42 Å². The number of benzene rings is 1. The normalized spacial score (nSPS) is 11.1. The van der Waals surface area contributed by atoms with Gasteiger partial charge in [-0.15, -0.1) is 17.8 Å². The standard InChI is InChI=1S/C20H15N5O2S/c1-2-19-24-18(12-28-19)25-20(27)23-17(11-26)16-8-7-14(10-22-16)15-6-4-3-5-13(15)9-21/h1,3-8,10,12,17,26H,11H2,(H2,23,25,27). The summed E-state index contributed by atoms with van der Waals surface area (Å²) in [6, 6.07) is 11.6. The zero-order valence-electron chi connectivity index (χ0n) is 14.6. The minimum Gasteiger partial charge on any atom is -0.394 e. The van der Waals surface area contributed by atoms with Gasteiger partial charge in [-0.25, -0.2) is 9.78 Å². The van der Waals surface area contributed by atoms with Gasteiger partial charge in [-0.1, -0.05) is 24.3 Å². The number of nitrogens with zero attached hydrogens (tertiary/aromatic N) is 3. The maximum absolute atomic E-state index is 12.1. The summed E-state index contributed by atoms with van der Waals surface area (Å²) < 4.78 is 0. The molecule has 3 aromatic rings. The predicted molar refractivity (Wildman–Crippen MR) is 106 cm³/mol. The molecule has 1 aromatic carbocycles. The number of carbonyl (C=O) groups excluding carboxylic acids is 1. The topological polar surface area (TPSA) is 111 Å². The van der Waals surface area contributed by atoms with Crippen molar-refractivity contribution in [1.82, 2.24) is 15.3 Å². The van der Waals surface area contributed by atoms with Crippen molar-refractivity contribution in [3.05, 3.63) is 64.2 Å². The Bertz CT molecular complexity index is 1060. The Kier molecular flexibility index (Phi) is 5.97. The molecule has 0 aliphatic heterocycles. The van der Waals surface area contributed by atoms with Gasteiger partial charge in [0.05, 0.1) is 30.0 Å². The molecule has 138 valence electrons. The highest BCUT2D eigenvalue weighted by Crippen LogP contribution is 2.23. The van der Waals surface area contributed by atoms with Crippen LogP contribution < -0.4 is 10.6 Å². The van der Waals surface area contributed by atoms with Crippen LogP contribution in [-0.2, 0) is 0 Å². The average molecular weight is 389 g/mol. The lowest BCUT2D eigenvalue weighted by molar-refractivity contribution is 0.224. The summed E-state index contributed by atoms with van der Waals surface area (Å²) in [4.78, 5) is 20.5. The van der Waals surface area contributed by atoms with Gasteiger partial charge in [-0.2, -0.15) is 5.26 Å². The lowest BCUT2D eigenvalue weighted by Gasteiger charge is -2.16. The number of urea groups is 1. The van der Waals surface area contributed by atoms with Crippen molar-refractivity contribution in [2.75, 3.05) is 11.9 Å². The Morgan fingerprint density at radius 1 is 1.32 bits per heavy atom. The molecule has 3 rings (SSSR count). The molecule has 1 unspecified atom stereocenters. The van der Waals surface area contributed by atoms with Crippen LogP contribution in [0.2, 0.25) is 0 Å². The van der Waals surface area contributed by atoms with E-state index in [1.54, 1.807) is 35.8 Å². The Hall–Kier alpha value is -3.72. The summed E-state index contributed by atoms with van der Waals surface area (Å²) in [7, 11) is 0. The van der Waals surface area contributed by atoms with Gasteiger partial charge in [0.1, 0.15) is 5.82 Å². The monoisotopic (exact) mass is 389 g/mol. The van der Waals surface area contributed by atoms with E-state index >= 15 is 0 Å². The number of thiazole rings is 1. The molecule has 3 N–H and O–H groups in total. The summed E-state index contributed by atoms with van der Waals surface area (Å²) >= 11 is 1.24. The van der Waals surface area contributed by atoms with Gasteiger partial charge in [0, 0.05) is 22.7 Å². The van der Waals surface area contributed by atoms with Crippen LogP contribution >= 0.6 is 11.3 Å². The fourth-order valence-corrected chi connectivity index (χ4v) is 3.08. The van der Waals surface area contributed by atoms with Gasteiger partial charge < -0.3 is 10.4 Å². The smallest absolute Gasteiger partial charge is 0.321 e. The van der Waals surface area contributed by atoms with E-state index < -0.39 is 12.1 Å². The van der Waals surface area contributed by atoms with E-state index in [9.17, 15) is 15.2 Å². The molecular formula is C20H15N5O2S. The van der Waals surface area contributed by atoms with Crippen molar-refractivity contribution < 1.29 is 9.90 Å². The van der Waals surface area contributed by atoms with Crippen LogP contribution in [0.4, 0.5) is 10.6 Å². The van der Waals surface area contributed by atoms with E-state index in [2.05, 4.69) is 32.6 Å². The first-order chi connectivity index (χ1) is 13.6. The summed E-state index contributed by atoms with van der Waals surface area (Å²) in [6.07, 6.45) is 6.86.